The molecule has 106 valence electrons. The van der Waals surface area contributed by atoms with Gasteiger partial charge in [-0.25, -0.2) is 0 Å². The van der Waals surface area contributed by atoms with E-state index in [0.29, 0.717) is 12.2 Å². The molecule has 1 amide bonds. The summed E-state index contributed by atoms with van der Waals surface area (Å²) in [6.45, 7) is 5.60. The van der Waals surface area contributed by atoms with Crippen LogP contribution in [0.25, 0.3) is 0 Å². The maximum absolute atomic E-state index is 11.2. The number of ether oxygens (including phenoxy) is 1. The zero-order chi connectivity index (χ0) is 14.4. The maximum atomic E-state index is 11.2. The topological polar surface area (TPSA) is 64.3 Å². The van der Waals surface area contributed by atoms with Gasteiger partial charge >= 0.3 is 0 Å². The van der Waals surface area contributed by atoms with E-state index < -0.39 is 12.0 Å². The number of primary amides is 1. The van der Waals surface area contributed by atoms with E-state index in [-0.39, 0.29) is 0 Å². The molecule has 0 aliphatic heterocycles. The fraction of sp³-hybridized carbons (Fsp3) is 0.462. The highest BCUT2D eigenvalue weighted by Crippen LogP contribution is 2.35. The Balaban J connectivity index is 2.93. The first kappa shape index (κ1) is 16.5. The lowest BCUT2D eigenvalue weighted by Gasteiger charge is -2.17. The molecular formula is C13H18Br2N2O2. The minimum Gasteiger partial charge on any atom is -0.478 e. The lowest BCUT2D eigenvalue weighted by Crippen LogP contribution is -2.33. The van der Waals surface area contributed by atoms with E-state index in [4.69, 9.17) is 10.5 Å². The van der Waals surface area contributed by atoms with Gasteiger partial charge in [0.25, 0.3) is 5.91 Å². The molecule has 3 N–H and O–H groups in total. The number of halogens is 2. The number of carbonyl (C=O) groups is 1. The fourth-order valence-electron chi connectivity index (χ4n) is 1.58. The van der Waals surface area contributed by atoms with Gasteiger partial charge in [0.15, 0.2) is 6.10 Å². The summed E-state index contributed by atoms with van der Waals surface area (Å²) in [5.74, 6) is 0.143. The largest absolute Gasteiger partial charge is 0.478 e. The van der Waals surface area contributed by atoms with Crippen LogP contribution < -0.4 is 15.8 Å². The molecular weight excluding hydrogens is 376 g/mol. The summed E-state index contributed by atoms with van der Waals surface area (Å²) in [6, 6.07) is 3.94. The smallest absolute Gasteiger partial charge is 0.258 e. The molecule has 0 saturated carbocycles. The Hall–Kier alpha value is -0.590. The van der Waals surface area contributed by atoms with Gasteiger partial charge in [0, 0.05) is 6.54 Å². The normalized spacial score (nSPS) is 12.2. The molecule has 1 atom stereocenters. The minimum absolute atomic E-state index is 0.460. The fourth-order valence-corrected chi connectivity index (χ4v) is 3.05. The minimum atomic E-state index is -0.618. The van der Waals surface area contributed by atoms with Crippen molar-refractivity contribution in [3.05, 3.63) is 26.6 Å². The highest BCUT2D eigenvalue weighted by molar-refractivity contribution is 9.11. The second-order valence-electron chi connectivity index (χ2n) is 4.09. The number of hydrogen-bond acceptors (Lipinski definition) is 3. The predicted molar refractivity (Wildman–Crippen MR) is 83.1 cm³/mol. The zero-order valence-corrected chi connectivity index (χ0v) is 14.2. The van der Waals surface area contributed by atoms with E-state index in [9.17, 15) is 4.79 Å². The van der Waals surface area contributed by atoms with Crippen LogP contribution >= 0.6 is 31.9 Å². The van der Waals surface area contributed by atoms with Crippen LogP contribution in [0.1, 0.15) is 25.8 Å². The van der Waals surface area contributed by atoms with E-state index in [0.717, 1.165) is 27.6 Å². The summed E-state index contributed by atoms with van der Waals surface area (Å²) in [5.41, 5.74) is 6.41. The summed E-state index contributed by atoms with van der Waals surface area (Å²) in [6.07, 6.45) is -0.0832. The molecule has 1 unspecified atom stereocenters. The molecule has 0 aliphatic carbocycles. The van der Waals surface area contributed by atoms with E-state index in [1.54, 1.807) is 0 Å². The number of rotatable bonds is 7. The quantitative estimate of drug-likeness (QED) is 0.748. The van der Waals surface area contributed by atoms with Gasteiger partial charge in [0.05, 0.1) is 8.95 Å². The highest BCUT2D eigenvalue weighted by atomic mass is 79.9. The molecule has 0 saturated heterocycles. The zero-order valence-electron chi connectivity index (χ0n) is 11.0. The summed E-state index contributed by atoms with van der Waals surface area (Å²) >= 11 is 6.92. The first-order chi connectivity index (χ1) is 8.99. The van der Waals surface area contributed by atoms with Gasteiger partial charge in [-0.05, 0) is 62.5 Å². The van der Waals surface area contributed by atoms with Crippen molar-refractivity contribution in [2.75, 3.05) is 6.54 Å². The van der Waals surface area contributed by atoms with Crippen molar-refractivity contribution in [1.29, 1.82) is 0 Å². The molecule has 0 heterocycles. The van der Waals surface area contributed by atoms with Crippen LogP contribution in [0.15, 0.2) is 21.1 Å². The van der Waals surface area contributed by atoms with Gasteiger partial charge in [-0.1, -0.05) is 13.8 Å². The molecule has 4 nitrogen and oxygen atoms in total. The maximum Gasteiger partial charge on any atom is 0.258 e. The highest BCUT2D eigenvalue weighted by Gasteiger charge is 2.18. The van der Waals surface area contributed by atoms with Crippen LogP contribution in [0, 0.1) is 0 Å². The number of benzene rings is 1. The molecule has 0 fully saturated rings. The number of nitrogens with two attached hydrogens (primary N) is 1. The van der Waals surface area contributed by atoms with Crippen molar-refractivity contribution < 1.29 is 9.53 Å². The Morgan fingerprint density at radius 1 is 1.37 bits per heavy atom. The van der Waals surface area contributed by atoms with Gasteiger partial charge in [0.1, 0.15) is 5.75 Å². The van der Waals surface area contributed by atoms with Crippen molar-refractivity contribution in [2.45, 2.75) is 32.9 Å². The van der Waals surface area contributed by atoms with Crippen molar-refractivity contribution in [3.8, 4) is 5.75 Å². The lowest BCUT2D eigenvalue weighted by atomic mass is 10.2. The molecule has 19 heavy (non-hydrogen) atoms. The van der Waals surface area contributed by atoms with Crippen LogP contribution in [-0.2, 0) is 11.3 Å². The predicted octanol–water partition coefficient (Wildman–Crippen LogP) is 2.96. The van der Waals surface area contributed by atoms with Gasteiger partial charge < -0.3 is 15.8 Å². The molecule has 6 heteroatoms. The Labute approximate surface area is 130 Å². The van der Waals surface area contributed by atoms with Gasteiger partial charge in [-0.15, -0.1) is 0 Å². The Morgan fingerprint density at radius 2 is 1.95 bits per heavy atom. The first-order valence-corrected chi connectivity index (χ1v) is 7.72. The number of amides is 1. The van der Waals surface area contributed by atoms with Crippen molar-refractivity contribution in [3.63, 3.8) is 0 Å². The van der Waals surface area contributed by atoms with Gasteiger partial charge in [-0.2, -0.15) is 0 Å². The number of nitrogens with one attached hydrogen (secondary N) is 1. The second-order valence-corrected chi connectivity index (χ2v) is 5.79. The van der Waals surface area contributed by atoms with Gasteiger partial charge in [0.2, 0.25) is 0 Å². The van der Waals surface area contributed by atoms with Crippen LogP contribution in [0.3, 0.4) is 0 Å². The summed E-state index contributed by atoms with van der Waals surface area (Å²) < 4.78 is 7.26. The summed E-state index contributed by atoms with van der Waals surface area (Å²) in [4.78, 5) is 11.2. The average Bonchev–Trinajstić information content (AvgIpc) is 2.35. The molecule has 0 aromatic heterocycles. The number of hydrogen-bond donors (Lipinski definition) is 2. The van der Waals surface area contributed by atoms with Crippen LogP contribution in [0.2, 0.25) is 0 Å². The van der Waals surface area contributed by atoms with Crippen molar-refractivity contribution >= 4 is 37.8 Å². The van der Waals surface area contributed by atoms with E-state index in [1.807, 2.05) is 19.1 Å². The Kier molecular flexibility index (Phi) is 6.82. The molecule has 0 bridgehead atoms. The molecule has 0 radical (unpaired) electrons. The second kappa shape index (κ2) is 7.87. The molecule has 0 aliphatic rings. The summed E-state index contributed by atoms with van der Waals surface area (Å²) in [5, 5.41) is 3.25. The van der Waals surface area contributed by atoms with Crippen LogP contribution in [0.5, 0.6) is 5.75 Å². The third kappa shape index (κ3) is 4.78. The first-order valence-electron chi connectivity index (χ1n) is 6.14. The van der Waals surface area contributed by atoms with Crippen LogP contribution in [-0.4, -0.2) is 18.6 Å². The monoisotopic (exact) mass is 392 g/mol. The Bertz CT molecular complexity index is 429. The summed E-state index contributed by atoms with van der Waals surface area (Å²) in [7, 11) is 0. The molecule has 1 rings (SSSR count). The average molecular weight is 394 g/mol. The van der Waals surface area contributed by atoms with E-state index in [2.05, 4.69) is 44.1 Å². The standard InChI is InChI=1S/C13H18Br2N2O2/c1-3-11(13(16)18)19-12-9(14)5-8(6-10(12)15)7-17-4-2/h5-6,11,17H,3-4,7H2,1-2H3,(H2,16,18). The molecule has 1 aromatic rings. The Morgan fingerprint density at radius 3 is 2.37 bits per heavy atom. The van der Waals surface area contributed by atoms with E-state index in [1.165, 1.54) is 0 Å². The molecule has 0 spiro atoms. The third-order valence-corrected chi connectivity index (χ3v) is 3.76. The van der Waals surface area contributed by atoms with Crippen molar-refractivity contribution in [2.24, 2.45) is 5.73 Å². The SMILES string of the molecule is CCNCc1cc(Br)c(OC(CC)C(N)=O)c(Br)c1. The lowest BCUT2D eigenvalue weighted by molar-refractivity contribution is -0.124. The van der Waals surface area contributed by atoms with E-state index >= 15 is 0 Å². The van der Waals surface area contributed by atoms with Gasteiger partial charge in [-0.3, -0.25) is 4.79 Å². The number of carbonyl (C=O) groups excluding carboxylic acids is 1. The molecule has 1 aromatic carbocycles. The van der Waals surface area contributed by atoms with Crippen molar-refractivity contribution in [1.82, 2.24) is 5.32 Å². The third-order valence-electron chi connectivity index (χ3n) is 2.59. The van der Waals surface area contributed by atoms with Crippen LogP contribution in [0.4, 0.5) is 0 Å².